The van der Waals surface area contributed by atoms with Crippen LogP contribution in [0.25, 0.3) is 0 Å². The second-order valence-electron chi connectivity index (χ2n) is 4.44. The maximum Gasteiger partial charge on any atom is 0.214 e. The molecule has 2 heterocycles. The van der Waals surface area contributed by atoms with E-state index in [1.165, 1.54) is 0 Å². The second kappa shape index (κ2) is 5.44. The fraction of sp³-hybridized carbons (Fsp3) is 1.00. The molecule has 0 aromatic carbocycles. The van der Waals surface area contributed by atoms with Gasteiger partial charge in [0.2, 0.25) is 10.0 Å². The molecule has 2 aliphatic rings. The SMILES string of the molecule is O=S1(=O)CCCCN1CCC1COCCN1. The third-order valence-electron chi connectivity index (χ3n) is 3.18. The number of ether oxygens (including phenoxy) is 1. The van der Waals surface area contributed by atoms with E-state index in [1.807, 2.05) is 0 Å². The zero-order valence-corrected chi connectivity index (χ0v) is 10.3. The average molecular weight is 248 g/mol. The van der Waals surface area contributed by atoms with Gasteiger partial charge >= 0.3 is 0 Å². The van der Waals surface area contributed by atoms with Gasteiger partial charge in [-0.2, -0.15) is 0 Å². The molecule has 6 heteroatoms. The predicted molar refractivity (Wildman–Crippen MR) is 61.8 cm³/mol. The number of rotatable bonds is 3. The number of morpholine rings is 1. The Morgan fingerprint density at radius 1 is 1.38 bits per heavy atom. The molecular formula is C10H20N2O3S. The predicted octanol–water partition coefficient (Wildman–Crippen LogP) is -0.209. The number of nitrogens with one attached hydrogen (secondary N) is 1. The van der Waals surface area contributed by atoms with Crippen LogP contribution in [-0.4, -0.2) is 57.4 Å². The lowest BCUT2D eigenvalue weighted by molar-refractivity contribution is 0.0724. The first-order chi connectivity index (χ1) is 7.68. The Labute approximate surface area is 97.2 Å². The summed E-state index contributed by atoms with van der Waals surface area (Å²) in [5.41, 5.74) is 0. The molecule has 0 aromatic heterocycles. The average Bonchev–Trinajstić information content (AvgIpc) is 2.28. The topological polar surface area (TPSA) is 58.6 Å². The van der Waals surface area contributed by atoms with E-state index >= 15 is 0 Å². The Morgan fingerprint density at radius 3 is 2.94 bits per heavy atom. The van der Waals surface area contributed by atoms with Crippen molar-refractivity contribution in [1.29, 1.82) is 0 Å². The first kappa shape index (κ1) is 12.3. The maximum absolute atomic E-state index is 11.7. The molecule has 1 unspecified atom stereocenters. The van der Waals surface area contributed by atoms with Gasteiger partial charge in [0.1, 0.15) is 0 Å². The fourth-order valence-electron chi connectivity index (χ4n) is 2.20. The van der Waals surface area contributed by atoms with E-state index in [9.17, 15) is 8.42 Å². The van der Waals surface area contributed by atoms with Crippen molar-refractivity contribution >= 4 is 10.0 Å². The highest BCUT2D eigenvalue weighted by Crippen LogP contribution is 2.14. The Kier molecular flexibility index (Phi) is 4.18. The van der Waals surface area contributed by atoms with Gasteiger partial charge < -0.3 is 10.1 Å². The third kappa shape index (κ3) is 3.16. The van der Waals surface area contributed by atoms with Gasteiger partial charge in [-0.3, -0.25) is 0 Å². The van der Waals surface area contributed by atoms with E-state index in [0.29, 0.717) is 31.5 Å². The minimum atomic E-state index is -2.96. The molecule has 0 amide bonds. The highest BCUT2D eigenvalue weighted by Gasteiger charge is 2.26. The van der Waals surface area contributed by atoms with Gasteiger partial charge in [0.05, 0.1) is 19.0 Å². The fourth-order valence-corrected chi connectivity index (χ4v) is 3.81. The molecule has 2 saturated heterocycles. The van der Waals surface area contributed by atoms with E-state index in [2.05, 4.69) is 5.32 Å². The molecule has 0 bridgehead atoms. The van der Waals surface area contributed by atoms with E-state index in [4.69, 9.17) is 4.74 Å². The monoisotopic (exact) mass is 248 g/mol. The van der Waals surface area contributed by atoms with E-state index in [-0.39, 0.29) is 0 Å². The molecular weight excluding hydrogens is 228 g/mol. The molecule has 16 heavy (non-hydrogen) atoms. The molecule has 0 aliphatic carbocycles. The summed E-state index contributed by atoms with van der Waals surface area (Å²) in [6.07, 6.45) is 2.65. The standard InChI is InChI=1S/C10H20N2O3S/c13-16(14)8-2-1-5-12(16)6-3-10-9-15-7-4-11-10/h10-11H,1-9H2. The van der Waals surface area contributed by atoms with Crippen LogP contribution in [0.3, 0.4) is 0 Å². The molecule has 1 N–H and O–H groups in total. The molecule has 2 rings (SSSR count). The maximum atomic E-state index is 11.7. The summed E-state index contributed by atoms with van der Waals surface area (Å²) in [4.78, 5) is 0. The smallest absolute Gasteiger partial charge is 0.214 e. The summed E-state index contributed by atoms with van der Waals surface area (Å²) in [6, 6.07) is 0.311. The first-order valence-electron chi connectivity index (χ1n) is 5.97. The molecule has 0 spiro atoms. The number of nitrogens with zero attached hydrogens (tertiary/aromatic N) is 1. The molecule has 5 nitrogen and oxygen atoms in total. The lowest BCUT2D eigenvalue weighted by Gasteiger charge is -2.29. The van der Waals surface area contributed by atoms with Crippen LogP contribution in [0.5, 0.6) is 0 Å². The van der Waals surface area contributed by atoms with Crippen LogP contribution in [0.1, 0.15) is 19.3 Å². The van der Waals surface area contributed by atoms with Crippen molar-refractivity contribution in [2.24, 2.45) is 0 Å². The summed E-state index contributed by atoms with van der Waals surface area (Å²) >= 11 is 0. The van der Waals surface area contributed by atoms with Crippen molar-refractivity contribution in [3.8, 4) is 0 Å². The normalized spacial score (nSPS) is 31.4. The van der Waals surface area contributed by atoms with Crippen molar-refractivity contribution < 1.29 is 13.2 Å². The highest BCUT2D eigenvalue weighted by atomic mass is 32.2. The van der Waals surface area contributed by atoms with Gasteiger partial charge in [-0.15, -0.1) is 0 Å². The molecule has 2 fully saturated rings. The van der Waals surface area contributed by atoms with Crippen LogP contribution < -0.4 is 5.32 Å². The summed E-state index contributed by atoms with van der Waals surface area (Å²) in [7, 11) is -2.96. The van der Waals surface area contributed by atoms with Crippen molar-refractivity contribution in [1.82, 2.24) is 9.62 Å². The number of sulfonamides is 1. The lowest BCUT2D eigenvalue weighted by Crippen LogP contribution is -2.45. The zero-order chi connectivity index (χ0) is 11.4. The van der Waals surface area contributed by atoms with Crippen molar-refractivity contribution in [3.05, 3.63) is 0 Å². The van der Waals surface area contributed by atoms with Gasteiger partial charge in [0.25, 0.3) is 0 Å². The summed E-state index contributed by atoms with van der Waals surface area (Å²) in [6.45, 7) is 3.66. The van der Waals surface area contributed by atoms with Crippen LogP contribution >= 0.6 is 0 Å². The number of hydrogen-bond donors (Lipinski definition) is 1. The number of hydrogen-bond acceptors (Lipinski definition) is 4. The molecule has 0 aromatic rings. The minimum Gasteiger partial charge on any atom is -0.379 e. The zero-order valence-electron chi connectivity index (χ0n) is 9.52. The van der Waals surface area contributed by atoms with E-state index in [0.717, 1.165) is 32.4 Å². The van der Waals surface area contributed by atoms with Crippen LogP contribution in [-0.2, 0) is 14.8 Å². The molecule has 94 valence electrons. The minimum absolute atomic E-state index is 0.311. The van der Waals surface area contributed by atoms with Gasteiger partial charge in [0, 0.05) is 25.7 Å². The summed E-state index contributed by atoms with van der Waals surface area (Å²) in [5, 5.41) is 3.34. The Morgan fingerprint density at radius 2 is 2.25 bits per heavy atom. The van der Waals surface area contributed by atoms with Crippen LogP contribution in [0.4, 0.5) is 0 Å². The van der Waals surface area contributed by atoms with Crippen molar-refractivity contribution in [2.75, 3.05) is 38.6 Å². The van der Waals surface area contributed by atoms with Gasteiger partial charge in [-0.1, -0.05) is 0 Å². The Bertz CT molecular complexity index is 312. The largest absolute Gasteiger partial charge is 0.379 e. The Balaban J connectivity index is 1.79. The Hall–Kier alpha value is -0.170. The molecule has 0 saturated carbocycles. The molecule has 2 aliphatic heterocycles. The summed E-state index contributed by atoms with van der Waals surface area (Å²) in [5.74, 6) is 0.321. The van der Waals surface area contributed by atoms with Gasteiger partial charge in [-0.05, 0) is 19.3 Å². The van der Waals surface area contributed by atoms with Crippen LogP contribution in [0, 0.1) is 0 Å². The molecule has 1 atom stereocenters. The van der Waals surface area contributed by atoms with Gasteiger partial charge in [0.15, 0.2) is 0 Å². The van der Waals surface area contributed by atoms with Crippen molar-refractivity contribution in [3.63, 3.8) is 0 Å². The second-order valence-corrected chi connectivity index (χ2v) is 6.53. The first-order valence-corrected chi connectivity index (χ1v) is 7.58. The summed E-state index contributed by atoms with van der Waals surface area (Å²) < 4.78 is 30.4. The van der Waals surface area contributed by atoms with Crippen LogP contribution in [0.2, 0.25) is 0 Å². The van der Waals surface area contributed by atoms with Crippen LogP contribution in [0.15, 0.2) is 0 Å². The quantitative estimate of drug-likeness (QED) is 0.751. The van der Waals surface area contributed by atoms with Crippen molar-refractivity contribution in [2.45, 2.75) is 25.3 Å². The van der Waals surface area contributed by atoms with E-state index < -0.39 is 10.0 Å². The van der Waals surface area contributed by atoms with Gasteiger partial charge in [-0.25, -0.2) is 12.7 Å². The molecule has 0 radical (unpaired) electrons. The lowest BCUT2D eigenvalue weighted by atomic mass is 10.2. The van der Waals surface area contributed by atoms with E-state index in [1.54, 1.807) is 4.31 Å². The third-order valence-corrected chi connectivity index (χ3v) is 5.14. The highest BCUT2D eigenvalue weighted by molar-refractivity contribution is 7.89.